The van der Waals surface area contributed by atoms with Gasteiger partial charge in [-0.05, 0) is 19.1 Å². The summed E-state index contributed by atoms with van der Waals surface area (Å²) in [5.41, 5.74) is -2.06. The van der Waals surface area contributed by atoms with Crippen LogP contribution in [0.15, 0.2) is 24.4 Å². The van der Waals surface area contributed by atoms with Gasteiger partial charge in [0.15, 0.2) is 0 Å². The summed E-state index contributed by atoms with van der Waals surface area (Å²) in [6.07, 6.45) is -3.15. The minimum Gasteiger partial charge on any atom is -0.380 e. The highest BCUT2D eigenvalue weighted by Gasteiger charge is 2.38. The number of anilines is 1. The normalized spacial score (nSPS) is 11.4. The molecule has 0 radical (unpaired) electrons. The van der Waals surface area contributed by atoms with Gasteiger partial charge in [0.1, 0.15) is 5.56 Å². The molecule has 0 aliphatic carbocycles. The summed E-state index contributed by atoms with van der Waals surface area (Å²) in [5, 5.41) is 14.3. The summed E-state index contributed by atoms with van der Waals surface area (Å²) in [5.74, 6) is 0. The number of nitrogens with zero attached hydrogens (tertiary/aromatic N) is 2. The Morgan fingerprint density at radius 2 is 2.14 bits per heavy atom. The molecular weight excluding hydrogens is 307 g/mol. The van der Waals surface area contributed by atoms with Crippen LogP contribution < -0.4 is 5.32 Å². The zero-order chi connectivity index (χ0) is 15.6. The van der Waals surface area contributed by atoms with Crippen molar-refractivity contribution in [2.45, 2.75) is 19.6 Å². The van der Waals surface area contributed by atoms with Gasteiger partial charge in [-0.3, -0.25) is 10.1 Å². The molecule has 9 heteroatoms. The topological polar surface area (TPSA) is 68.1 Å². The Kier molecular flexibility index (Phi) is 4.12. The standard InChI is InChI=1S/C12H10F3N3O2S/c1-7-16-5-9(21-7)6-17-8-2-3-11(18(19)20)10(4-8)12(13,14)15/h2-5,17H,6H2,1H3. The Labute approximate surface area is 121 Å². The van der Waals surface area contributed by atoms with Crippen LogP contribution in [0.4, 0.5) is 24.5 Å². The maximum absolute atomic E-state index is 12.8. The van der Waals surface area contributed by atoms with Crippen LogP contribution in [0.25, 0.3) is 0 Å². The fourth-order valence-corrected chi connectivity index (χ4v) is 2.44. The van der Waals surface area contributed by atoms with Gasteiger partial charge in [-0.1, -0.05) is 0 Å². The van der Waals surface area contributed by atoms with E-state index in [2.05, 4.69) is 10.3 Å². The Bertz CT molecular complexity index is 670. The molecule has 2 aromatic rings. The lowest BCUT2D eigenvalue weighted by molar-refractivity contribution is -0.388. The smallest absolute Gasteiger partial charge is 0.380 e. The largest absolute Gasteiger partial charge is 0.423 e. The minimum absolute atomic E-state index is 0.166. The van der Waals surface area contributed by atoms with Crippen LogP contribution in [-0.2, 0) is 12.7 Å². The first-order valence-corrected chi connectivity index (χ1v) is 6.60. The van der Waals surface area contributed by atoms with Crippen LogP contribution in [0, 0.1) is 17.0 Å². The Balaban J connectivity index is 2.23. The fourth-order valence-electron chi connectivity index (χ4n) is 1.71. The molecule has 0 saturated carbocycles. The minimum atomic E-state index is -4.78. The molecular formula is C12H10F3N3O2S. The van der Waals surface area contributed by atoms with Crippen molar-refractivity contribution in [3.05, 3.63) is 50.0 Å². The van der Waals surface area contributed by atoms with Crippen LogP contribution in [0.5, 0.6) is 0 Å². The lowest BCUT2D eigenvalue weighted by Crippen LogP contribution is -2.10. The molecule has 112 valence electrons. The second-order valence-electron chi connectivity index (χ2n) is 4.19. The molecule has 2 rings (SSSR count). The second kappa shape index (κ2) is 5.68. The van der Waals surface area contributed by atoms with Crippen LogP contribution in [0.2, 0.25) is 0 Å². The summed E-state index contributed by atoms with van der Waals surface area (Å²) in [6.45, 7) is 2.13. The van der Waals surface area contributed by atoms with Gasteiger partial charge in [0.2, 0.25) is 0 Å². The van der Waals surface area contributed by atoms with Crippen molar-refractivity contribution < 1.29 is 18.1 Å². The number of benzene rings is 1. The first-order chi connectivity index (χ1) is 9.77. The van der Waals surface area contributed by atoms with E-state index in [0.717, 1.165) is 22.0 Å². The molecule has 0 aliphatic heterocycles. The monoisotopic (exact) mass is 317 g/mol. The first kappa shape index (κ1) is 15.2. The third kappa shape index (κ3) is 3.69. The molecule has 0 aliphatic rings. The molecule has 0 atom stereocenters. The second-order valence-corrected chi connectivity index (χ2v) is 5.51. The summed E-state index contributed by atoms with van der Waals surface area (Å²) in [7, 11) is 0. The van der Waals surface area contributed by atoms with Crippen molar-refractivity contribution >= 4 is 22.7 Å². The number of nitro groups is 1. The summed E-state index contributed by atoms with van der Waals surface area (Å²) >= 11 is 1.42. The predicted octanol–water partition coefficient (Wildman–Crippen LogP) is 3.99. The van der Waals surface area contributed by atoms with Crippen LogP contribution >= 0.6 is 11.3 Å². The van der Waals surface area contributed by atoms with Crippen LogP contribution in [-0.4, -0.2) is 9.91 Å². The van der Waals surface area contributed by atoms with E-state index in [-0.39, 0.29) is 5.69 Å². The van der Waals surface area contributed by atoms with E-state index in [0.29, 0.717) is 6.54 Å². The van der Waals surface area contributed by atoms with Gasteiger partial charge in [-0.15, -0.1) is 11.3 Å². The van der Waals surface area contributed by atoms with Gasteiger partial charge in [-0.25, -0.2) is 4.98 Å². The molecule has 0 unspecified atom stereocenters. The summed E-state index contributed by atoms with van der Waals surface area (Å²) < 4.78 is 38.4. The number of hydrogen-bond donors (Lipinski definition) is 1. The van der Waals surface area contributed by atoms with E-state index in [9.17, 15) is 23.3 Å². The molecule has 0 saturated heterocycles. The molecule has 0 amide bonds. The van der Waals surface area contributed by atoms with Crippen LogP contribution in [0.1, 0.15) is 15.4 Å². The van der Waals surface area contributed by atoms with Crippen molar-refractivity contribution in [2.75, 3.05) is 5.32 Å². The number of hydrogen-bond acceptors (Lipinski definition) is 5. The van der Waals surface area contributed by atoms with E-state index >= 15 is 0 Å². The number of aromatic nitrogens is 1. The maximum atomic E-state index is 12.8. The van der Waals surface area contributed by atoms with Crippen molar-refractivity contribution in [3.63, 3.8) is 0 Å². The van der Waals surface area contributed by atoms with E-state index in [1.165, 1.54) is 17.4 Å². The van der Waals surface area contributed by atoms with E-state index in [4.69, 9.17) is 0 Å². The zero-order valence-corrected chi connectivity index (χ0v) is 11.6. The number of alkyl halides is 3. The number of nitrogens with one attached hydrogen (secondary N) is 1. The quantitative estimate of drug-likeness (QED) is 0.684. The molecule has 21 heavy (non-hydrogen) atoms. The van der Waals surface area contributed by atoms with E-state index < -0.39 is 22.4 Å². The lowest BCUT2D eigenvalue weighted by Gasteiger charge is -2.10. The average molecular weight is 317 g/mol. The number of halogens is 3. The highest BCUT2D eigenvalue weighted by atomic mass is 32.1. The Hall–Kier alpha value is -2.16. The number of nitro benzene ring substituents is 1. The average Bonchev–Trinajstić information content (AvgIpc) is 2.81. The van der Waals surface area contributed by atoms with Crippen molar-refractivity contribution in [2.24, 2.45) is 0 Å². The Morgan fingerprint density at radius 3 is 2.67 bits per heavy atom. The van der Waals surface area contributed by atoms with Gasteiger partial charge in [0.05, 0.1) is 16.5 Å². The number of rotatable bonds is 4. The molecule has 0 spiro atoms. The van der Waals surface area contributed by atoms with Crippen LogP contribution in [0.3, 0.4) is 0 Å². The molecule has 1 heterocycles. The number of thiazole rings is 1. The SMILES string of the molecule is Cc1ncc(CNc2ccc([N+](=O)[O-])c(C(F)(F)F)c2)s1. The zero-order valence-electron chi connectivity index (χ0n) is 10.8. The van der Waals surface area contributed by atoms with Gasteiger partial charge in [0.25, 0.3) is 5.69 Å². The Morgan fingerprint density at radius 1 is 1.43 bits per heavy atom. The van der Waals surface area contributed by atoms with E-state index in [1.807, 2.05) is 6.92 Å². The number of aryl methyl sites for hydroxylation is 1. The summed E-state index contributed by atoms with van der Waals surface area (Å²) in [6, 6.07) is 2.84. The van der Waals surface area contributed by atoms with Gasteiger partial charge >= 0.3 is 6.18 Å². The molecule has 1 N–H and O–H groups in total. The third-order valence-corrected chi connectivity index (χ3v) is 3.55. The molecule has 5 nitrogen and oxygen atoms in total. The molecule has 0 fully saturated rings. The maximum Gasteiger partial charge on any atom is 0.423 e. The van der Waals surface area contributed by atoms with Gasteiger partial charge in [0, 0.05) is 22.8 Å². The van der Waals surface area contributed by atoms with E-state index in [1.54, 1.807) is 6.20 Å². The molecule has 0 bridgehead atoms. The highest BCUT2D eigenvalue weighted by molar-refractivity contribution is 7.11. The van der Waals surface area contributed by atoms with Gasteiger partial charge < -0.3 is 5.32 Å². The van der Waals surface area contributed by atoms with Crippen molar-refractivity contribution in [3.8, 4) is 0 Å². The summed E-state index contributed by atoms with van der Waals surface area (Å²) in [4.78, 5) is 14.5. The third-order valence-electron chi connectivity index (χ3n) is 2.63. The molecule has 1 aromatic heterocycles. The fraction of sp³-hybridized carbons (Fsp3) is 0.250. The van der Waals surface area contributed by atoms with Gasteiger partial charge in [-0.2, -0.15) is 13.2 Å². The highest BCUT2D eigenvalue weighted by Crippen LogP contribution is 2.37. The first-order valence-electron chi connectivity index (χ1n) is 5.78. The predicted molar refractivity (Wildman–Crippen MR) is 72.3 cm³/mol. The van der Waals surface area contributed by atoms with Crippen molar-refractivity contribution in [1.82, 2.24) is 4.98 Å². The van der Waals surface area contributed by atoms with Crippen molar-refractivity contribution in [1.29, 1.82) is 0 Å². The lowest BCUT2D eigenvalue weighted by atomic mass is 10.1. The molecule has 1 aromatic carbocycles.